The molecule has 1 aliphatic heterocycles. The van der Waals surface area contributed by atoms with E-state index in [-0.39, 0.29) is 5.92 Å². The molecule has 2 aliphatic rings. The highest BCUT2D eigenvalue weighted by atomic mass is 35.5. The van der Waals surface area contributed by atoms with E-state index in [0.29, 0.717) is 22.9 Å². The number of aromatic nitrogens is 1. The third-order valence-electron chi connectivity index (χ3n) is 6.06. The van der Waals surface area contributed by atoms with E-state index in [9.17, 15) is 5.11 Å². The average molecular weight is 378 g/mol. The second-order valence-electron chi connectivity index (χ2n) is 7.57. The molecule has 1 saturated carbocycles. The molecule has 2 heterocycles. The van der Waals surface area contributed by atoms with Crippen LogP contribution in [0.4, 0.5) is 0 Å². The Labute approximate surface area is 163 Å². The van der Waals surface area contributed by atoms with Crippen molar-refractivity contribution in [3.63, 3.8) is 0 Å². The monoisotopic (exact) mass is 377 g/mol. The first-order valence-electron chi connectivity index (χ1n) is 9.24. The molecule has 136 valence electrons. The lowest BCUT2D eigenvalue weighted by Crippen LogP contribution is -2.48. The van der Waals surface area contributed by atoms with Gasteiger partial charge in [-0.3, -0.25) is 4.98 Å². The van der Waals surface area contributed by atoms with Crippen molar-refractivity contribution in [1.29, 1.82) is 0 Å². The first kappa shape index (κ1) is 16.8. The van der Waals surface area contributed by atoms with Crippen molar-refractivity contribution in [3.05, 3.63) is 94.3 Å². The highest BCUT2D eigenvalue weighted by molar-refractivity contribution is 6.30. The molecule has 1 aromatic heterocycles. The van der Waals surface area contributed by atoms with Gasteiger partial charge in [-0.1, -0.05) is 71.8 Å². The third kappa shape index (κ3) is 2.22. The lowest BCUT2D eigenvalue weighted by atomic mass is 9.72. The number of fused-ring (bicyclic) bond motifs is 3. The molecule has 3 aromatic rings. The van der Waals surface area contributed by atoms with Crippen LogP contribution in [0.5, 0.6) is 5.75 Å². The Hall–Kier alpha value is -2.36. The van der Waals surface area contributed by atoms with Crippen LogP contribution in [0.2, 0.25) is 5.02 Å². The van der Waals surface area contributed by atoms with Gasteiger partial charge in [-0.25, -0.2) is 0 Å². The number of rotatable bonds is 2. The van der Waals surface area contributed by atoms with Crippen LogP contribution in [0.25, 0.3) is 0 Å². The number of aryl methyl sites for hydroxylation is 1. The van der Waals surface area contributed by atoms with Crippen LogP contribution >= 0.6 is 11.6 Å². The van der Waals surface area contributed by atoms with Crippen LogP contribution < -0.4 is 4.74 Å². The highest BCUT2D eigenvalue weighted by Crippen LogP contribution is 2.66. The maximum atomic E-state index is 11.9. The Morgan fingerprint density at radius 3 is 2.59 bits per heavy atom. The van der Waals surface area contributed by atoms with Gasteiger partial charge in [-0.05, 0) is 30.9 Å². The van der Waals surface area contributed by atoms with Gasteiger partial charge in [0.05, 0.1) is 5.02 Å². The number of nitrogens with zero attached hydrogens (tertiary/aromatic N) is 1. The first-order valence-corrected chi connectivity index (χ1v) is 9.62. The fourth-order valence-electron chi connectivity index (χ4n) is 4.85. The number of halogens is 1. The van der Waals surface area contributed by atoms with Crippen molar-refractivity contribution >= 4 is 11.6 Å². The minimum atomic E-state index is -1.19. The molecule has 0 bridgehead atoms. The molecule has 5 rings (SSSR count). The van der Waals surface area contributed by atoms with E-state index in [1.54, 1.807) is 12.3 Å². The molecule has 0 spiro atoms. The number of benzene rings is 2. The van der Waals surface area contributed by atoms with E-state index in [4.69, 9.17) is 16.3 Å². The molecule has 1 fully saturated rings. The number of ether oxygens (including phenoxy) is 1. The van der Waals surface area contributed by atoms with Crippen molar-refractivity contribution in [1.82, 2.24) is 4.98 Å². The first-order chi connectivity index (χ1) is 13.0. The second-order valence-corrected chi connectivity index (χ2v) is 8.00. The van der Waals surface area contributed by atoms with Gasteiger partial charge in [-0.15, -0.1) is 0 Å². The lowest BCUT2D eigenvalue weighted by Gasteiger charge is -2.39. The number of aliphatic hydroxyl groups is 1. The number of hydrogen-bond acceptors (Lipinski definition) is 3. The molecule has 0 saturated heterocycles. The van der Waals surface area contributed by atoms with Crippen LogP contribution in [0.1, 0.15) is 41.1 Å². The third-order valence-corrected chi connectivity index (χ3v) is 6.27. The molecule has 3 atom stereocenters. The smallest absolute Gasteiger partial charge is 0.175 e. The van der Waals surface area contributed by atoms with E-state index in [1.165, 1.54) is 5.56 Å². The maximum absolute atomic E-state index is 11.9. The second kappa shape index (κ2) is 5.82. The average Bonchev–Trinajstić information content (AvgIpc) is 3.10. The molecular weight excluding hydrogens is 358 g/mol. The van der Waals surface area contributed by atoms with Gasteiger partial charge in [0, 0.05) is 18.2 Å². The molecule has 4 heteroatoms. The molecule has 0 amide bonds. The Kier molecular flexibility index (Phi) is 3.62. The van der Waals surface area contributed by atoms with Gasteiger partial charge in [-0.2, -0.15) is 0 Å². The summed E-state index contributed by atoms with van der Waals surface area (Å²) in [5, 5.41) is 12.5. The molecule has 1 N–H and O–H groups in total. The van der Waals surface area contributed by atoms with Crippen molar-refractivity contribution in [3.8, 4) is 5.75 Å². The zero-order chi connectivity index (χ0) is 18.6. The summed E-state index contributed by atoms with van der Waals surface area (Å²) in [6.45, 7) is 2.06. The molecule has 0 radical (unpaired) electrons. The lowest BCUT2D eigenvalue weighted by molar-refractivity contribution is -0.107. The van der Waals surface area contributed by atoms with Crippen molar-refractivity contribution in [2.24, 2.45) is 0 Å². The topological polar surface area (TPSA) is 42.4 Å². The standard InChI is InChI=1S/C23H20ClNO2/c1-15-7-9-17(10-8-15)23-19(16-5-3-2-4-6-16)11-12-22(23,26)21-20(27-23)13-18(24)14-25-21/h2-10,13-14,19,26H,11-12H2,1H3. The van der Waals surface area contributed by atoms with E-state index in [1.807, 2.05) is 18.2 Å². The predicted molar refractivity (Wildman–Crippen MR) is 105 cm³/mol. The van der Waals surface area contributed by atoms with Crippen LogP contribution in [0.3, 0.4) is 0 Å². The van der Waals surface area contributed by atoms with Crippen LogP contribution in [0.15, 0.2) is 66.9 Å². The van der Waals surface area contributed by atoms with Crippen LogP contribution in [-0.4, -0.2) is 10.1 Å². The largest absolute Gasteiger partial charge is 0.476 e. The summed E-state index contributed by atoms with van der Waals surface area (Å²) < 4.78 is 6.60. The summed E-state index contributed by atoms with van der Waals surface area (Å²) >= 11 is 6.17. The van der Waals surface area contributed by atoms with Gasteiger partial charge in [0.1, 0.15) is 11.4 Å². The van der Waals surface area contributed by atoms with Gasteiger partial charge < -0.3 is 9.84 Å². The molecule has 1 aliphatic carbocycles. The summed E-state index contributed by atoms with van der Waals surface area (Å²) in [5.74, 6) is 0.589. The fourth-order valence-corrected chi connectivity index (χ4v) is 5.00. The Balaban J connectivity index is 1.77. The highest BCUT2D eigenvalue weighted by Gasteiger charge is 2.69. The van der Waals surface area contributed by atoms with Crippen molar-refractivity contribution < 1.29 is 9.84 Å². The van der Waals surface area contributed by atoms with E-state index in [2.05, 4.69) is 48.3 Å². The van der Waals surface area contributed by atoms with Crippen LogP contribution in [-0.2, 0) is 11.2 Å². The molecule has 3 unspecified atom stereocenters. The van der Waals surface area contributed by atoms with Gasteiger partial charge in [0.15, 0.2) is 11.2 Å². The summed E-state index contributed by atoms with van der Waals surface area (Å²) in [6, 6.07) is 20.3. The van der Waals surface area contributed by atoms with Gasteiger partial charge >= 0.3 is 0 Å². The molecule has 3 nitrogen and oxygen atoms in total. The summed E-state index contributed by atoms with van der Waals surface area (Å²) in [6.07, 6.45) is 2.99. The zero-order valence-electron chi connectivity index (χ0n) is 15.0. The normalized spacial score (nSPS) is 28.5. The maximum Gasteiger partial charge on any atom is 0.175 e. The van der Waals surface area contributed by atoms with E-state index < -0.39 is 11.2 Å². The number of hydrogen-bond donors (Lipinski definition) is 1. The summed E-state index contributed by atoms with van der Waals surface area (Å²) in [4.78, 5) is 4.48. The zero-order valence-corrected chi connectivity index (χ0v) is 15.8. The molecule has 2 aromatic carbocycles. The number of pyridine rings is 1. The molecular formula is C23H20ClNO2. The predicted octanol–water partition coefficient (Wildman–Crippen LogP) is 5.10. The Bertz CT molecular complexity index is 1000. The fraction of sp³-hybridized carbons (Fsp3) is 0.261. The minimum absolute atomic E-state index is 0.0133. The van der Waals surface area contributed by atoms with Crippen molar-refractivity contribution in [2.45, 2.75) is 36.9 Å². The van der Waals surface area contributed by atoms with Crippen LogP contribution in [0, 0.1) is 6.92 Å². The van der Waals surface area contributed by atoms with Gasteiger partial charge in [0.25, 0.3) is 0 Å². The quantitative estimate of drug-likeness (QED) is 0.675. The van der Waals surface area contributed by atoms with Crippen molar-refractivity contribution in [2.75, 3.05) is 0 Å². The minimum Gasteiger partial charge on any atom is -0.476 e. The molecule has 27 heavy (non-hydrogen) atoms. The SMILES string of the molecule is Cc1ccc(C23Oc4cc(Cl)cnc4C2(O)CCC3c2ccccc2)cc1. The summed E-state index contributed by atoms with van der Waals surface area (Å²) in [7, 11) is 0. The summed E-state index contributed by atoms with van der Waals surface area (Å²) in [5.41, 5.74) is 1.78. The Morgan fingerprint density at radius 1 is 1.11 bits per heavy atom. The van der Waals surface area contributed by atoms with E-state index in [0.717, 1.165) is 17.5 Å². The van der Waals surface area contributed by atoms with Gasteiger partial charge in [0.2, 0.25) is 0 Å². The Morgan fingerprint density at radius 2 is 1.85 bits per heavy atom. The van der Waals surface area contributed by atoms with E-state index >= 15 is 0 Å².